The zero-order valence-corrected chi connectivity index (χ0v) is 14.1. The Labute approximate surface area is 126 Å². The molecule has 1 aromatic rings. The number of halogens is 1. The van der Waals surface area contributed by atoms with Crippen molar-refractivity contribution in [3.05, 3.63) is 34.3 Å². The Morgan fingerprint density at radius 2 is 1.89 bits per heavy atom. The van der Waals surface area contributed by atoms with Crippen LogP contribution in [0.15, 0.2) is 28.7 Å². The molecule has 3 atom stereocenters. The molecule has 0 spiro atoms. The van der Waals surface area contributed by atoms with E-state index < -0.39 is 0 Å². The van der Waals surface area contributed by atoms with Gasteiger partial charge in [-0.25, -0.2) is 0 Å². The van der Waals surface area contributed by atoms with Crippen LogP contribution in [0.25, 0.3) is 0 Å². The number of benzene rings is 1. The maximum Gasteiger partial charge on any atom is 0.0294 e. The Kier molecular flexibility index (Phi) is 4.73. The van der Waals surface area contributed by atoms with E-state index in [9.17, 15) is 0 Å². The molecule has 0 radical (unpaired) electrons. The third-order valence-electron chi connectivity index (χ3n) is 4.53. The highest BCUT2D eigenvalue weighted by molar-refractivity contribution is 9.10. The minimum atomic E-state index is 0.432. The Hall–Kier alpha value is -0.340. The monoisotopic (exact) mass is 323 g/mol. The molecule has 0 saturated heterocycles. The quantitative estimate of drug-likeness (QED) is 0.794. The molecule has 0 heterocycles. The lowest BCUT2D eigenvalue weighted by Crippen LogP contribution is -2.42. The zero-order valence-electron chi connectivity index (χ0n) is 12.5. The summed E-state index contributed by atoms with van der Waals surface area (Å²) in [5.74, 6) is 0.765. The summed E-state index contributed by atoms with van der Waals surface area (Å²) in [6.07, 6.45) is 3.97. The zero-order chi connectivity index (χ0) is 14.0. The molecule has 2 heteroatoms. The van der Waals surface area contributed by atoms with Crippen molar-refractivity contribution in [3.8, 4) is 0 Å². The molecule has 1 N–H and O–H groups in total. The second kappa shape index (κ2) is 5.97. The molecule has 0 bridgehead atoms. The van der Waals surface area contributed by atoms with Crippen molar-refractivity contribution >= 4 is 15.9 Å². The van der Waals surface area contributed by atoms with Crippen molar-refractivity contribution in [2.45, 2.75) is 59.0 Å². The Bertz CT molecular complexity index is 410. The molecule has 2 rings (SSSR count). The van der Waals surface area contributed by atoms with E-state index in [4.69, 9.17) is 0 Å². The van der Waals surface area contributed by atoms with Gasteiger partial charge in [-0.05, 0) is 55.2 Å². The molecule has 0 aromatic heterocycles. The van der Waals surface area contributed by atoms with Gasteiger partial charge in [0, 0.05) is 16.6 Å². The summed E-state index contributed by atoms with van der Waals surface area (Å²) >= 11 is 3.49. The van der Waals surface area contributed by atoms with Gasteiger partial charge in [0.15, 0.2) is 0 Å². The van der Waals surface area contributed by atoms with Gasteiger partial charge in [-0.3, -0.25) is 0 Å². The van der Waals surface area contributed by atoms with Crippen LogP contribution in [-0.2, 0) is 0 Å². The second-order valence-corrected chi connectivity index (χ2v) is 7.85. The number of rotatable bonds is 3. The largest absolute Gasteiger partial charge is 0.307 e. The smallest absolute Gasteiger partial charge is 0.0294 e. The van der Waals surface area contributed by atoms with Crippen molar-refractivity contribution < 1.29 is 0 Å². The van der Waals surface area contributed by atoms with Crippen molar-refractivity contribution in [2.75, 3.05) is 0 Å². The topological polar surface area (TPSA) is 12.0 Å². The average molecular weight is 324 g/mol. The van der Waals surface area contributed by atoms with E-state index in [0.717, 1.165) is 10.4 Å². The summed E-state index contributed by atoms with van der Waals surface area (Å²) in [5.41, 5.74) is 1.90. The normalized spacial score (nSPS) is 28.1. The highest BCUT2D eigenvalue weighted by Crippen LogP contribution is 2.39. The van der Waals surface area contributed by atoms with Gasteiger partial charge in [0.25, 0.3) is 0 Å². The van der Waals surface area contributed by atoms with Crippen molar-refractivity contribution in [1.29, 1.82) is 0 Å². The molecule has 1 aromatic carbocycles. The summed E-state index contributed by atoms with van der Waals surface area (Å²) in [4.78, 5) is 0. The van der Waals surface area contributed by atoms with Gasteiger partial charge in [0.2, 0.25) is 0 Å². The molecule has 19 heavy (non-hydrogen) atoms. The van der Waals surface area contributed by atoms with Gasteiger partial charge in [-0.1, -0.05) is 48.8 Å². The maximum absolute atomic E-state index is 3.83. The lowest BCUT2D eigenvalue weighted by Gasteiger charge is -2.40. The number of nitrogens with one attached hydrogen (secondary N) is 1. The van der Waals surface area contributed by atoms with Gasteiger partial charge >= 0.3 is 0 Å². The first-order valence-electron chi connectivity index (χ1n) is 7.39. The van der Waals surface area contributed by atoms with Crippen LogP contribution < -0.4 is 5.32 Å². The van der Waals surface area contributed by atoms with Crippen molar-refractivity contribution in [2.24, 2.45) is 11.3 Å². The predicted octanol–water partition coefficient (Wildman–Crippen LogP) is 5.31. The van der Waals surface area contributed by atoms with Crippen LogP contribution in [0.3, 0.4) is 0 Å². The number of hydrogen-bond donors (Lipinski definition) is 1. The van der Waals surface area contributed by atoms with E-state index >= 15 is 0 Å². The molecule has 1 aliphatic carbocycles. The molecule has 1 nitrogen and oxygen atoms in total. The maximum atomic E-state index is 3.83. The SMILES string of the molecule is CC1CC(C)(C)CCC1N[C@@H](C)c1ccc(Br)cc1. The van der Waals surface area contributed by atoms with Crippen LogP contribution in [0.4, 0.5) is 0 Å². The van der Waals surface area contributed by atoms with Crippen molar-refractivity contribution in [1.82, 2.24) is 5.32 Å². The van der Waals surface area contributed by atoms with Crippen LogP contribution in [0, 0.1) is 11.3 Å². The number of hydrogen-bond acceptors (Lipinski definition) is 1. The fourth-order valence-electron chi connectivity index (χ4n) is 3.36. The van der Waals surface area contributed by atoms with E-state index in [-0.39, 0.29) is 0 Å². The summed E-state index contributed by atoms with van der Waals surface area (Å²) in [5, 5.41) is 3.83. The lowest BCUT2D eigenvalue weighted by atomic mass is 9.70. The van der Waals surface area contributed by atoms with Gasteiger partial charge in [0.1, 0.15) is 0 Å². The molecule has 106 valence electrons. The van der Waals surface area contributed by atoms with E-state index in [1.54, 1.807) is 0 Å². The van der Waals surface area contributed by atoms with Gasteiger partial charge in [-0.2, -0.15) is 0 Å². The summed E-state index contributed by atoms with van der Waals surface area (Å²) in [6, 6.07) is 9.76. The van der Waals surface area contributed by atoms with Crippen LogP contribution in [-0.4, -0.2) is 6.04 Å². The molecule has 0 aliphatic heterocycles. The molecule has 1 saturated carbocycles. The Morgan fingerprint density at radius 1 is 1.26 bits per heavy atom. The van der Waals surface area contributed by atoms with E-state index in [1.807, 2.05) is 0 Å². The first-order chi connectivity index (χ1) is 8.87. The van der Waals surface area contributed by atoms with E-state index in [1.165, 1.54) is 24.8 Å². The Morgan fingerprint density at radius 3 is 2.47 bits per heavy atom. The molecule has 0 amide bonds. The summed E-state index contributed by atoms with van der Waals surface area (Å²) in [6.45, 7) is 9.47. The van der Waals surface area contributed by atoms with Crippen molar-refractivity contribution in [3.63, 3.8) is 0 Å². The molecular formula is C17H26BrN. The van der Waals surface area contributed by atoms with Crippen LogP contribution >= 0.6 is 15.9 Å². The third-order valence-corrected chi connectivity index (χ3v) is 5.06. The highest BCUT2D eigenvalue weighted by atomic mass is 79.9. The van der Waals surface area contributed by atoms with Crippen LogP contribution in [0.5, 0.6) is 0 Å². The molecule has 1 aliphatic rings. The van der Waals surface area contributed by atoms with E-state index in [0.29, 0.717) is 17.5 Å². The first kappa shape index (κ1) is 15.1. The molecule has 2 unspecified atom stereocenters. The van der Waals surface area contributed by atoms with Gasteiger partial charge in [-0.15, -0.1) is 0 Å². The first-order valence-corrected chi connectivity index (χ1v) is 8.18. The van der Waals surface area contributed by atoms with Crippen LogP contribution in [0.2, 0.25) is 0 Å². The summed E-state index contributed by atoms with van der Waals surface area (Å²) < 4.78 is 1.15. The van der Waals surface area contributed by atoms with Gasteiger partial charge in [0.05, 0.1) is 0 Å². The van der Waals surface area contributed by atoms with Gasteiger partial charge < -0.3 is 5.32 Å². The lowest BCUT2D eigenvalue weighted by molar-refractivity contribution is 0.143. The average Bonchev–Trinajstić information content (AvgIpc) is 2.33. The van der Waals surface area contributed by atoms with E-state index in [2.05, 4.69) is 73.2 Å². The Balaban J connectivity index is 1.96. The standard InChI is InChI=1S/C17H26BrN/c1-12-11-17(3,4)10-9-16(12)19-13(2)14-5-7-15(18)8-6-14/h5-8,12-13,16,19H,9-11H2,1-4H3/t12?,13-,16?/m0/s1. The highest BCUT2D eigenvalue weighted by Gasteiger charge is 2.32. The fraction of sp³-hybridized carbons (Fsp3) is 0.647. The molecule has 1 fully saturated rings. The third kappa shape index (κ3) is 4.06. The van der Waals surface area contributed by atoms with Crippen LogP contribution in [0.1, 0.15) is 58.6 Å². The fourth-order valence-corrected chi connectivity index (χ4v) is 3.63. The molecular weight excluding hydrogens is 298 g/mol. The predicted molar refractivity (Wildman–Crippen MR) is 86.3 cm³/mol. The minimum absolute atomic E-state index is 0.432. The second-order valence-electron chi connectivity index (χ2n) is 6.93. The summed E-state index contributed by atoms with van der Waals surface area (Å²) in [7, 11) is 0. The minimum Gasteiger partial charge on any atom is -0.307 e.